The van der Waals surface area contributed by atoms with Gasteiger partial charge < -0.3 is 5.32 Å². The molecule has 1 aliphatic rings. The number of hydrogen-bond acceptors (Lipinski definition) is 4. The Morgan fingerprint density at radius 3 is 2.20 bits per heavy atom. The molecule has 0 aromatic heterocycles. The summed E-state index contributed by atoms with van der Waals surface area (Å²) in [5.74, 6) is -0.595. The average molecular weight is 383 g/mol. The van der Waals surface area contributed by atoms with Crippen LogP contribution in [0.15, 0.2) is 17.0 Å². The van der Waals surface area contributed by atoms with Gasteiger partial charge in [-0.05, 0) is 37.1 Å². The fraction of sp³-hybridized carbons (Fsp3) is 0.600. The highest BCUT2D eigenvalue weighted by molar-refractivity contribution is 7.89. The topological polar surface area (TPSA) is 61.4 Å². The number of halogens is 4. The Morgan fingerprint density at radius 1 is 1.20 bits per heavy atom. The van der Waals surface area contributed by atoms with Gasteiger partial charge in [-0.15, -0.1) is 0 Å². The minimum atomic E-state index is -4.56. The monoisotopic (exact) mass is 383 g/mol. The number of aryl methyl sites for hydroxylation is 2. The van der Waals surface area contributed by atoms with Gasteiger partial charge in [-0.3, -0.25) is 4.90 Å². The highest BCUT2D eigenvalue weighted by atomic mass is 32.2. The largest absolute Gasteiger partial charge is 0.405 e. The summed E-state index contributed by atoms with van der Waals surface area (Å²) < 4.78 is 80.4. The van der Waals surface area contributed by atoms with Crippen molar-refractivity contribution in [3.05, 3.63) is 29.1 Å². The molecule has 2 N–H and O–H groups in total. The zero-order chi connectivity index (χ0) is 18.8. The van der Waals surface area contributed by atoms with E-state index in [9.17, 15) is 26.0 Å². The average Bonchev–Trinajstić information content (AvgIpc) is 2.45. The third-order valence-electron chi connectivity index (χ3n) is 4.13. The maximum absolute atomic E-state index is 13.3. The molecule has 10 heteroatoms. The van der Waals surface area contributed by atoms with Gasteiger partial charge in [0.1, 0.15) is 11.9 Å². The molecule has 0 radical (unpaired) electrons. The summed E-state index contributed by atoms with van der Waals surface area (Å²) in [6, 6.07) is 0.170. The second-order valence-corrected chi connectivity index (χ2v) is 7.77. The van der Waals surface area contributed by atoms with Gasteiger partial charge in [0.2, 0.25) is 10.0 Å². The molecule has 1 fully saturated rings. The molecule has 0 spiro atoms. The fourth-order valence-corrected chi connectivity index (χ4v) is 4.52. The Bertz CT molecular complexity index is 693. The van der Waals surface area contributed by atoms with Crippen molar-refractivity contribution in [2.24, 2.45) is 0 Å². The van der Waals surface area contributed by atoms with E-state index >= 15 is 0 Å². The number of nitrogens with one attached hydrogen (secondary N) is 2. The molecule has 1 heterocycles. The maximum Gasteiger partial charge on any atom is 0.405 e. The highest BCUT2D eigenvalue weighted by Crippen LogP contribution is 2.26. The molecule has 5 nitrogen and oxygen atoms in total. The Labute approximate surface area is 144 Å². The predicted octanol–water partition coefficient (Wildman–Crippen LogP) is 1.56. The molecule has 0 saturated carbocycles. The summed E-state index contributed by atoms with van der Waals surface area (Å²) in [5.41, 5.74) is 0.298. The SMILES string of the molecule is Cc1cc(F)cc(C)c1S(=O)(=O)NCC(N1CCNCC1)C(F)(F)F. The van der Waals surface area contributed by atoms with E-state index in [1.807, 2.05) is 4.72 Å². The van der Waals surface area contributed by atoms with Crippen molar-refractivity contribution in [2.45, 2.75) is 31.0 Å². The van der Waals surface area contributed by atoms with E-state index in [2.05, 4.69) is 5.32 Å². The molecule has 1 aromatic rings. The summed E-state index contributed by atoms with van der Waals surface area (Å²) in [7, 11) is -4.19. The minimum Gasteiger partial charge on any atom is -0.314 e. The molecule has 142 valence electrons. The first-order valence-electron chi connectivity index (χ1n) is 7.80. The van der Waals surface area contributed by atoms with Crippen molar-refractivity contribution in [3.63, 3.8) is 0 Å². The van der Waals surface area contributed by atoms with Gasteiger partial charge in [-0.1, -0.05) is 0 Å². The number of alkyl halides is 3. The van der Waals surface area contributed by atoms with E-state index in [1.54, 1.807) is 0 Å². The van der Waals surface area contributed by atoms with Crippen LogP contribution in [0, 0.1) is 19.7 Å². The highest BCUT2D eigenvalue weighted by Gasteiger charge is 2.44. The second kappa shape index (κ2) is 7.56. The molecule has 1 saturated heterocycles. The van der Waals surface area contributed by atoms with Crippen LogP contribution in [0.1, 0.15) is 11.1 Å². The molecule has 1 aliphatic heterocycles. The van der Waals surface area contributed by atoms with Crippen LogP contribution in [-0.2, 0) is 10.0 Å². The van der Waals surface area contributed by atoms with Crippen molar-refractivity contribution in [1.29, 1.82) is 0 Å². The third kappa shape index (κ3) is 4.90. The summed E-state index contributed by atoms with van der Waals surface area (Å²) in [4.78, 5) is 1.03. The first-order chi connectivity index (χ1) is 11.5. The van der Waals surface area contributed by atoms with Gasteiger partial charge in [0.15, 0.2) is 0 Å². The Morgan fingerprint density at radius 2 is 1.72 bits per heavy atom. The zero-order valence-corrected chi connectivity index (χ0v) is 14.8. The van der Waals surface area contributed by atoms with Gasteiger partial charge in [0.05, 0.1) is 4.90 Å². The number of sulfonamides is 1. The van der Waals surface area contributed by atoms with Crippen LogP contribution in [-0.4, -0.2) is 58.3 Å². The summed E-state index contributed by atoms with van der Waals surface area (Å²) in [5, 5.41) is 2.96. The molecule has 0 amide bonds. The van der Waals surface area contributed by atoms with Crippen LogP contribution < -0.4 is 10.0 Å². The third-order valence-corrected chi connectivity index (χ3v) is 5.86. The molecular weight excluding hydrogens is 362 g/mol. The lowest BCUT2D eigenvalue weighted by molar-refractivity contribution is -0.182. The van der Waals surface area contributed by atoms with Crippen LogP contribution in [0.4, 0.5) is 17.6 Å². The quantitative estimate of drug-likeness (QED) is 0.758. The zero-order valence-electron chi connectivity index (χ0n) is 14.0. The molecule has 0 bridgehead atoms. The van der Waals surface area contributed by atoms with Crippen molar-refractivity contribution in [1.82, 2.24) is 14.9 Å². The van der Waals surface area contributed by atoms with Crippen LogP contribution in [0.3, 0.4) is 0 Å². The van der Waals surface area contributed by atoms with Crippen LogP contribution in [0.5, 0.6) is 0 Å². The van der Waals surface area contributed by atoms with E-state index in [0.717, 1.165) is 12.1 Å². The molecule has 1 unspecified atom stereocenters. The van der Waals surface area contributed by atoms with Crippen molar-refractivity contribution in [3.8, 4) is 0 Å². The lowest BCUT2D eigenvalue weighted by Crippen LogP contribution is -2.57. The Balaban J connectivity index is 2.21. The van der Waals surface area contributed by atoms with Gasteiger partial charge in [-0.25, -0.2) is 17.5 Å². The minimum absolute atomic E-state index is 0.149. The lowest BCUT2D eigenvalue weighted by Gasteiger charge is -2.35. The number of benzene rings is 1. The molecule has 2 rings (SSSR count). The standard InChI is InChI=1S/C15H21F4N3O2S/c1-10-7-12(16)8-11(2)14(10)25(23,24)21-9-13(15(17,18)19)22-5-3-20-4-6-22/h7-8,13,20-21H,3-6,9H2,1-2H3. The molecule has 1 aromatic carbocycles. The summed E-state index contributed by atoms with van der Waals surface area (Å²) in [6.45, 7) is 3.21. The van der Waals surface area contributed by atoms with Crippen LogP contribution >= 0.6 is 0 Å². The number of piperazine rings is 1. The van der Waals surface area contributed by atoms with E-state index in [4.69, 9.17) is 0 Å². The fourth-order valence-electron chi connectivity index (χ4n) is 3.03. The van der Waals surface area contributed by atoms with Crippen molar-refractivity contribution in [2.75, 3.05) is 32.7 Å². The van der Waals surface area contributed by atoms with Gasteiger partial charge in [-0.2, -0.15) is 13.2 Å². The van der Waals surface area contributed by atoms with Crippen LogP contribution in [0.25, 0.3) is 0 Å². The van der Waals surface area contributed by atoms with Crippen molar-refractivity contribution < 1.29 is 26.0 Å². The van der Waals surface area contributed by atoms with Crippen molar-refractivity contribution >= 4 is 10.0 Å². The smallest absolute Gasteiger partial charge is 0.314 e. The first kappa shape index (κ1) is 20.1. The van der Waals surface area contributed by atoms with Gasteiger partial charge in [0.25, 0.3) is 0 Å². The summed E-state index contributed by atoms with van der Waals surface area (Å²) in [6.07, 6.45) is -4.56. The van der Waals surface area contributed by atoms with Crippen LogP contribution in [0.2, 0.25) is 0 Å². The van der Waals surface area contributed by atoms with E-state index < -0.39 is 34.6 Å². The van der Waals surface area contributed by atoms with E-state index in [1.165, 1.54) is 18.7 Å². The first-order valence-corrected chi connectivity index (χ1v) is 9.28. The number of nitrogens with zero attached hydrogens (tertiary/aromatic N) is 1. The van der Waals surface area contributed by atoms with Gasteiger partial charge >= 0.3 is 6.18 Å². The molecule has 0 aliphatic carbocycles. The maximum atomic E-state index is 13.3. The Hall–Kier alpha value is -1.23. The molecule has 25 heavy (non-hydrogen) atoms. The normalized spacial score (nSPS) is 18.3. The van der Waals surface area contributed by atoms with E-state index in [-0.39, 0.29) is 29.1 Å². The number of rotatable bonds is 5. The predicted molar refractivity (Wildman–Crippen MR) is 85.3 cm³/mol. The van der Waals surface area contributed by atoms with E-state index in [0.29, 0.717) is 13.1 Å². The molecular formula is C15H21F4N3O2S. The molecule has 1 atom stereocenters. The lowest BCUT2D eigenvalue weighted by atomic mass is 10.1. The Kier molecular flexibility index (Phi) is 6.08. The van der Waals surface area contributed by atoms with Gasteiger partial charge in [0, 0.05) is 32.7 Å². The summed E-state index contributed by atoms with van der Waals surface area (Å²) >= 11 is 0. The second-order valence-electron chi connectivity index (χ2n) is 6.06. The number of hydrogen-bond donors (Lipinski definition) is 2.